The molecule has 0 unspecified atom stereocenters. The fourth-order valence-electron chi connectivity index (χ4n) is 0.585. The van der Waals surface area contributed by atoms with Gasteiger partial charge in [0.1, 0.15) is 0 Å². The Balaban J connectivity index is 3.45. The number of carbonyl (C=O) groups is 1. The first kappa shape index (κ1) is 11.8. The molecule has 0 aromatic heterocycles. The van der Waals surface area contributed by atoms with Crippen LogP contribution in [0.1, 0.15) is 27.2 Å². The number of hydrogen-bond donors (Lipinski definition) is 0. The molecule has 0 aromatic carbocycles. The van der Waals surface area contributed by atoms with Crippen LogP contribution in [-0.4, -0.2) is 24.6 Å². The zero-order chi connectivity index (χ0) is 9.61. The molecule has 0 spiro atoms. The summed E-state index contributed by atoms with van der Waals surface area (Å²) in [6.07, 6.45) is 2.99. The van der Waals surface area contributed by atoms with Crippen LogP contribution in [0.5, 0.6) is 0 Å². The monoisotopic (exact) mass is 190 g/mol. The Kier molecular flexibility index (Phi) is 5.38. The number of carbonyl (C=O) groups excluding carboxylic acids is 1. The summed E-state index contributed by atoms with van der Waals surface area (Å²) in [5, 5.41) is 0. The first-order valence-electron chi connectivity index (χ1n) is 4.14. The van der Waals surface area contributed by atoms with Crippen LogP contribution in [0.2, 0.25) is 0 Å². The van der Waals surface area contributed by atoms with E-state index in [0.717, 1.165) is 12.2 Å². The maximum Gasteiger partial charge on any atom is 0.311 e. The van der Waals surface area contributed by atoms with Gasteiger partial charge in [-0.05, 0) is 39.2 Å². The van der Waals surface area contributed by atoms with Crippen molar-refractivity contribution < 1.29 is 9.53 Å². The highest BCUT2D eigenvalue weighted by Crippen LogP contribution is 2.15. The van der Waals surface area contributed by atoms with Gasteiger partial charge in [0, 0.05) is 0 Å². The molecule has 0 amide bonds. The molecular formula is C9H18O2S. The van der Waals surface area contributed by atoms with Crippen molar-refractivity contribution >= 4 is 17.7 Å². The maximum atomic E-state index is 11.2. The van der Waals surface area contributed by atoms with Crippen LogP contribution in [0.4, 0.5) is 0 Å². The van der Waals surface area contributed by atoms with Gasteiger partial charge in [-0.1, -0.05) is 0 Å². The standard InChI is InChI=1S/C9H18O2S/c1-9(2,3)8(10)11-6-5-7-12-4/h5-7H2,1-4H3. The fourth-order valence-corrected chi connectivity index (χ4v) is 0.991. The topological polar surface area (TPSA) is 26.3 Å². The molecule has 0 rings (SSSR count). The highest BCUT2D eigenvalue weighted by molar-refractivity contribution is 7.98. The van der Waals surface area contributed by atoms with Crippen LogP contribution in [-0.2, 0) is 9.53 Å². The molecule has 0 aliphatic carbocycles. The molecule has 0 saturated heterocycles. The molecule has 72 valence electrons. The molecule has 3 heteroatoms. The Bertz CT molecular complexity index is 138. The van der Waals surface area contributed by atoms with E-state index < -0.39 is 0 Å². The first-order valence-corrected chi connectivity index (χ1v) is 5.54. The largest absolute Gasteiger partial charge is 0.465 e. The molecule has 0 saturated carbocycles. The Labute approximate surface area is 79.1 Å². The van der Waals surface area contributed by atoms with Crippen molar-refractivity contribution in [2.75, 3.05) is 18.6 Å². The van der Waals surface area contributed by atoms with Gasteiger partial charge < -0.3 is 4.74 Å². The van der Waals surface area contributed by atoms with Gasteiger partial charge in [-0.2, -0.15) is 11.8 Å². The van der Waals surface area contributed by atoms with Crippen LogP contribution in [0, 0.1) is 5.41 Å². The minimum atomic E-state index is -0.362. The molecule has 0 aliphatic heterocycles. The molecule has 0 fully saturated rings. The molecule has 0 atom stereocenters. The van der Waals surface area contributed by atoms with Crippen LogP contribution >= 0.6 is 11.8 Å². The lowest BCUT2D eigenvalue weighted by molar-refractivity contribution is -0.152. The Morgan fingerprint density at radius 2 is 2.00 bits per heavy atom. The van der Waals surface area contributed by atoms with E-state index >= 15 is 0 Å². The summed E-state index contributed by atoms with van der Waals surface area (Å²) in [5.74, 6) is 0.945. The number of ether oxygens (including phenoxy) is 1. The lowest BCUT2D eigenvalue weighted by Crippen LogP contribution is -2.23. The highest BCUT2D eigenvalue weighted by Gasteiger charge is 2.22. The van der Waals surface area contributed by atoms with Crippen molar-refractivity contribution in [3.8, 4) is 0 Å². The van der Waals surface area contributed by atoms with Gasteiger partial charge in [0.2, 0.25) is 0 Å². The summed E-state index contributed by atoms with van der Waals surface area (Å²) in [5.41, 5.74) is -0.362. The average Bonchev–Trinajstić information content (AvgIpc) is 1.96. The molecule has 12 heavy (non-hydrogen) atoms. The predicted octanol–water partition coefficient (Wildman–Crippen LogP) is 2.33. The van der Waals surface area contributed by atoms with E-state index in [4.69, 9.17) is 4.74 Å². The van der Waals surface area contributed by atoms with Crippen molar-refractivity contribution in [1.82, 2.24) is 0 Å². The van der Waals surface area contributed by atoms with E-state index in [1.54, 1.807) is 11.8 Å². The van der Waals surface area contributed by atoms with Gasteiger partial charge in [0.05, 0.1) is 12.0 Å². The summed E-state index contributed by atoms with van der Waals surface area (Å²) in [4.78, 5) is 11.2. The van der Waals surface area contributed by atoms with Crippen LogP contribution in [0.25, 0.3) is 0 Å². The Morgan fingerprint density at radius 1 is 1.42 bits per heavy atom. The van der Waals surface area contributed by atoms with Crippen LogP contribution < -0.4 is 0 Å². The van der Waals surface area contributed by atoms with Crippen molar-refractivity contribution in [2.24, 2.45) is 5.41 Å². The number of rotatable bonds is 4. The lowest BCUT2D eigenvalue weighted by atomic mass is 9.97. The average molecular weight is 190 g/mol. The maximum absolute atomic E-state index is 11.2. The molecule has 0 aromatic rings. The second-order valence-electron chi connectivity index (χ2n) is 3.73. The normalized spacial score (nSPS) is 11.3. The third-order valence-electron chi connectivity index (χ3n) is 1.34. The van der Waals surface area contributed by atoms with Crippen molar-refractivity contribution in [3.63, 3.8) is 0 Å². The van der Waals surface area contributed by atoms with Crippen molar-refractivity contribution in [1.29, 1.82) is 0 Å². The smallest absolute Gasteiger partial charge is 0.311 e. The molecule has 2 nitrogen and oxygen atoms in total. The summed E-state index contributed by atoms with van der Waals surface area (Å²) in [7, 11) is 0. The molecule has 0 N–H and O–H groups in total. The molecular weight excluding hydrogens is 172 g/mol. The Morgan fingerprint density at radius 3 is 2.42 bits per heavy atom. The first-order chi connectivity index (χ1) is 5.48. The zero-order valence-electron chi connectivity index (χ0n) is 8.35. The molecule has 0 aliphatic rings. The summed E-state index contributed by atoms with van der Waals surface area (Å²) < 4.78 is 5.06. The van der Waals surface area contributed by atoms with E-state index in [-0.39, 0.29) is 11.4 Å². The van der Waals surface area contributed by atoms with Gasteiger partial charge in [0.25, 0.3) is 0 Å². The van der Waals surface area contributed by atoms with E-state index in [1.807, 2.05) is 27.0 Å². The molecule has 0 heterocycles. The zero-order valence-corrected chi connectivity index (χ0v) is 9.16. The van der Waals surface area contributed by atoms with Crippen LogP contribution in [0.15, 0.2) is 0 Å². The lowest BCUT2D eigenvalue weighted by Gasteiger charge is -2.16. The van der Waals surface area contributed by atoms with Gasteiger partial charge in [-0.15, -0.1) is 0 Å². The third kappa shape index (κ3) is 5.47. The highest BCUT2D eigenvalue weighted by atomic mass is 32.2. The minimum Gasteiger partial charge on any atom is -0.465 e. The summed E-state index contributed by atoms with van der Waals surface area (Å²) >= 11 is 1.77. The van der Waals surface area contributed by atoms with E-state index in [1.165, 1.54) is 0 Å². The van der Waals surface area contributed by atoms with Crippen molar-refractivity contribution in [3.05, 3.63) is 0 Å². The van der Waals surface area contributed by atoms with E-state index in [2.05, 4.69) is 0 Å². The number of hydrogen-bond acceptors (Lipinski definition) is 3. The van der Waals surface area contributed by atoms with E-state index in [9.17, 15) is 4.79 Å². The number of esters is 1. The Hall–Kier alpha value is -0.180. The molecule has 0 bridgehead atoms. The SMILES string of the molecule is CSCCCOC(=O)C(C)(C)C. The third-order valence-corrected chi connectivity index (χ3v) is 2.04. The van der Waals surface area contributed by atoms with E-state index in [0.29, 0.717) is 6.61 Å². The second kappa shape index (κ2) is 5.46. The van der Waals surface area contributed by atoms with Gasteiger partial charge in [-0.25, -0.2) is 0 Å². The van der Waals surface area contributed by atoms with Crippen molar-refractivity contribution in [2.45, 2.75) is 27.2 Å². The fraction of sp³-hybridized carbons (Fsp3) is 0.889. The summed E-state index contributed by atoms with van der Waals surface area (Å²) in [6.45, 7) is 6.15. The quantitative estimate of drug-likeness (QED) is 0.503. The van der Waals surface area contributed by atoms with Gasteiger partial charge in [-0.3, -0.25) is 4.79 Å². The number of thioether (sulfide) groups is 1. The van der Waals surface area contributed by atoms with Crippen LogP contribution in [0.3, 0.4) is 0 Å². The summed E-state index contributed by atoms with van der Waals surface area (Å²) in [6, 6.07) is 0. The predicted molar refractivity (Wildman–Crippen MR) is 53.4 cm³/mol. The second-order valence-corrected chi connectivity index (χ2v) is 4.72. The molecule has 0 radical (unpaired) electrons. The van der Waals surface area contributed by atoms with Gasteiger partial charge >= 0.3 is 5.97 Å². The van der Waals surface area contributed by atoms with Gasteiger partial charge in [0.15, 0.2) is 0 Å². The minimum absolute atomic E-state index is 0.108.